The first-order valence-electron chi connectivity index (χ1n) is 8.42. The Hall–Kier alpha value is -2.71. The highest BCUT2D eigenvalue weighted by Gasteiger charge is 2.19. The maximum atomic E-state index is 9.34. The molecule has 2 heterocycles. The molecule has 0 fully saturated rings. The van der Waals surface area contributed by atoms with Crippen LogP contribution < -0.4 is 10.5 Å². The lowest BCUT2D eigenvalue weighted by atomic mass is 10.1. The zero-order valence-electron chi connectivity index (χ0n) is 14.9. The summed E-state index contributed by atoms with van der Waals surface area (Å²) in [5.41, 5.74) is 8.05. The van der Waals surface area contributed by atoms with Gasteiger partial charge in [-0.1, -0.05) is 30.3 Å². The van der Waals surface area contributed by atoms with Gasteiger partial charge in [0.1, 0.15) is 6.61 Å². The van der Waals surface area contributed by atoms with Crippen LogP contribution in [-0.4, -0.2) is 44.4 Å². The Labute approximate surface area is 151 Å². The van der Waals surface area contributed by atoms with Gasteiger partial charge in [0.2, 0.25) is 11.8 Å². The number of hydrogen-bond donors (Lipinski definition) is 2. The van der Waals surface area contributed by atoms with E-state index >= 15 is 0 Å². The molecular formula is C18H23N5O3. The van der Waals surface area contributed by atoms with Gasteiger partial charge in [0, 0.05) is 13.2 Å². The maximum absolute atomic E-state index is 9.34. The molecule has 0 aliphatic rings. The highest BCUT2D eigenvalue weighted by molar-refractivity contribution is 5.77. The molecule has 2 unspecified atom stereocenters. The predicted octanol–water partition coefficient (Wildman–Crippen LogP) is 1.95. The van der Waals surface area contributed by atoms with Crippen LogP contribution in [0.4, 0.5) is 5.95 Å². The summed E-state index contributed by atoms with van der Waals surface area (Å²) in [7, 11) is 1.58. The molecule has 0 radical (unpaired) electrons. The van der Waals surface area contributed by atoms with Crippen molar-refractivity contribution in [3.05, 3.63) is 42.2 Å². The van der Waals surface area contributed by atoms with Gasteiger partial charge in [0.15, 0.2) is 11.2 Å². The normalized spacial score (nSPS) is 13.7. The Bertz CT molecular complexity index is 849. The molecule has 2 aromatic heterocycles. The number of aliphatic hydroxyl groups excluding tert-OH is 1. The summed E-state index contributed by atoms with van der Waals surface area (Å²) in [5.74, 6) is 0.479. The number of aromatic nitrogens is 4. The summed E-state index contributed by atoms with van der Waals surface area (Å²) in [6.07, 6.45) is 2.04. The number of nitrogen functional groups attached to an aromatic ring is 1. The van der Waals surface area contributed by atoms with E-state index in [4.69, 9.17) is 15.2 Å². The topological polar surface area (TPSA) is 108 Å². The molecule has 0 saturated carbocycles. The molecule has 0 amide bonds. The van der Waals surface area contributed by atoms with Crippen LogP contribution in [0, 0.1) is 0 Å². The second-order valence-electron chi connectivity index (χ2n) is 6.11. The molecule has 8 nitrogen and oxygen atoms in total. The largest absolute Gasteiger partial charge is 0.471 e. The third-order valence-electron chi connectivity index (χ3n) is 4.24. The van der Waals surface area contributed by atoms with Crippen molar-refractivity contribution < 1.29 is 14.6 Å². The predicted molar refractivity (Wildman–Crippen MR) is 97.7 cm³/mol. The molecule has 0 saturated heterocycles. The number of hydrogen-bond acceptors (Lipinski definition) is 7. The Morgan fingerprint density at radius 1 is 1.23 bits per heavy atom. The number of fused-ring (bicyclic) bond motifs is 1. The highest BCUT2D eigenvalue weighted by atomic mass is 16.5. The maximum Gasteiger partial charge on any atom is 0.247 e. The van der Waals surface area contributed by atoms with E-state index in [0.717, 1.165) is 5.56 Å². The number of nitrogens with zero attached hydrogens (tertiary/aromatic N) is 4. The molecule has 26 heavy (non-hydrogen) atoms. The minimum atomic E-state index is -0.254. The van der Waals surface area contributed by atoms with Gasteiger partial charge in [-0.2, -0.15) is 9.97 Å². The summed E-state index contributed by atoms with van der Waals surface area (Å²) in [6, 6.07) is 9.81. The van der Waals surface area contributed by atoms with Crippen LogP contribution in [0.5, 0.6) is 5.88 Å². The monoisotopic (exact) mass is 357 g/mol. The number of aliphatic hydroxyl groups is 1. The van der Waals surface area contributed by atoms with E-state index in [-0.39, 0.29) is 24.7 Å². The van der Waals surface area contributed by atoms with Gasteiger partial charge in [-0.25, -0.2) is 4.98 Å². The summed E-state index contributed by atoms with van der Waals surface area (Å²) in [5, 5.41) is 9.34. The molecule has 3 rings (SSSR count). The number of rotatable bonds is 8. The number of benzene rings is 1. The van der Waals surface area contributed by atoms with E-state index in [1.165, 1.54) is 0 Å². The van der Waals surface area contributed by atoms with Crippen LogP contribution in [-0.2, 0) is 11.3 Å². The van der Waals surface area contributed by atoms with Crippen molar-refractivity contribution in [2.45, 2.75) is 32.1 Å². The molecule has 0 aliphatic heterocycles. The molecular weight excluding hydrogens is 334 g/mol. The summed E-state index contributed by atoms with van der Waals surface area (Å²) >= 11 is 0. The molecule has 3 aromatic rings. The van der Waals surface area contributed by atoms with E-state index in [1.54, 1.807) is 13.4 Å². The third-order valence-corrected chi connectivity index (χ3v) is 4.24. The van der Waals surface area contributed by atoms with Gasteiger partial charge in [-0.05, 0) is 18.9 Å². The van der Waals surface area contributed by atoms with E-state index in [2.05, 4.69) is 15.0 Å². The Balaban J connectivity index is 1.86. The fourth-order valence-corrected chi connectivity index (χ4v) is 2.80. The summed E-state index contributed by atoms with van der Waals surface area (Å²) < 4.78 is 13.0. The second-order valence-corrected chi connectivity index (χ2v) is 6.11. The molecule has 138 valence electrons. The van der Waals surface area contributed by atoms with Gasteiger partial charge in [-0.15, -0.1) is 0 Å². The fourth-order valence-electron chi connectivity index (χ4n) is 2.80. The standard InChI is InChI=1S/C18H23N5O3/c1-12(8-14(9-24)25-2)23-11-20-15-16(23)21-18(19)22-17(15)26-10-13-6-4-3-5-7-13/h3-7,11-12,14,24H,8-10H2,1-2H3,(H2,19,21,22). The van der Waals surface area contributed by atoms with Gasteiger partial charge in [0.05, 0.1) is 19.0 Å². The van der Waals surface area contributed by atoms with Crippen LogP contribution in [0.2, 0.25) is 0 Å². The number of nitrogens with two attached hydrogens (primary N) is 1. The average molecular weight is 357 g/mol. The lowest BCUT2D eigenvalue weighted by Gasteiger charge is -2.19. The molecule has 0 spiro atoms. The Morgan fingerprint density at radius 2 is 2.00 bits per heavy atom. The van der Waals surface area contributed by atoms with E-state index in [9.17, 15) is 5.11 Å². The van der Waals surface area contributed by atoms with Crippen LogP contribution in [0.1, 0.15) is 24.9 Å². The minimum Gasteiger partial charge on any atom is -0.471 e. The molecule has 2 atom stereocenters. The SMILES string of the molecule is COC(CO)CC(C)n1cnc2c(OCc3ccccc3)nc(N)nc21. The molecule has 8 heteroatoms. The van der Waals surface area contributed by atoms with Crippen molar-refractivity contribution in [2.24, 2.45) is 0 Å². The van der Waals surface area contributed by atoms with Gasteiger partial charge in [-0.3, -0.25) is 0 Å². The number of anilines is 1. The second kappa shape index (κ2) is 8.11. The van der Waals surface area contributed by atoms with Crippen LogP contribution in [0.3, 0.4) is 0 Å². The zero-order chi connectivity index (χ0) is 18.5. The van der Waals surface area contributed by atoms with Crippen molar-refractivity contribution in [1.29, 1.82) is 0 Å². The van der Waals surface area contributed by atoms with E-state index in [1.807, 2.05) is 41.8 Å². The molecule has 0 aliphatic carbocycles. The lowest BCUT2D eigenvalue weighted by molar-refractivity contribution is 0.0348. The number of imidazole rings is 1. The first kappa shape index (κ1) is 18.1. The van der Waals surface area contributed by atoms with Crippen LogP contribution >= 0.6 is 0 Å². The first-order valence-corrected chi connectivity index (χ1v) is 8.42. The van der Waals surface area contributed by atoms with Gasteiger partial charge in [0.25, 0.3) is 0 Å². The Morgan fingerprint density at radius 3 is 2.69 bits per heavy atom. The quantitative estimate of drug-likeness (QED) is 0.634. The van der Waals surface area contributed by atoms with Crippen LogP contribution in [0.25, 0.3) is 11.2 Å². The average Bonchev–Trinajstić information content (AvgIpc) is 3.08. The number of methoxy groups -OCH3 is 1. The Kier molecular flexibility index (Phi) is 5.65. The van der Waals surface area contributed by atoms with Crippen molar-refractivity contribution in [2.75, 3.05) is 19.5 Å². The number of ether oxygens (including phenoxy) is 2. The van der Waals surface area contributed by atoms with Crippen molar-refractivity contribution in [3.63, 3.8) is 0 Å². The third kappa shape index (κ3) is 3.92. The summed E-state index contributed by atoms with van der Waals surface area (Å²) in [4.78, 5) is 12.9. The highest BCUT2D eigenvalue weighted by Crippen LogP contribution is 2.26. The van der Waals surface area contributed by atoms with Gasteiger partial charge >= 0.3 is 0 Å². The van der Waals surface area contributed by atoms with Gasteiger partial charge < -0.3 is 24.9 Å². The van der Waals surface area contributed by atoms with Crippen molar-refractivity contribution >= 4 is 17.1 Å². The molecule has 0 bridgehead atoms. The van der Waals surface area contributed by atoms with Crippen LogP contribution in [0.15, 0.2) is 36.7 Å². The lowest BCUT2D eigenvalue weighted by Crippen LogP contribution is -2.20. The zero-order valence-corrected chi connectivity index (χ0v) is 14.9. The van der Waals surface area contributed by atoms with E-state index < -0.39 is 0 Å². The van der Waals surface area contributed by atoms with Crippen molar-refractivity contribution in [1.82, 2.24) is 19.5 Å². The fraction of sp³-hybridized carbons (Fsp3) is 0.389. The minimum absolute atomic E-state index is 0.00775. The molecule has 3 N–H and O–H groups in total. The van der Waals surface area contributed by atoms with Crippen molar-refractivity contribution in [3.8, 4) is 5.88 Å². The summed E-state index contributed by atoms with van der Waals surface area (Å²) in [6.45, 7) is 2.33. The smallest absolute Gasteiger partial charge is 0.247 e. The molecule has 1 aromatic carbocycles. The van der Waals surface area contributed by atoms with E-state index in [0.29, 0.717) is 30.1 Å². The first-order chi connectivity index (χ1) is 12.6.